The number of rotatable bonds is 8. The van der Waals surface area contributed by atoms with Crippen LogP contribution in [-0.2, 0) is 17.8 Å². The molecular formula is C22H26N6O2. The van der Waals surface area contributed by atoms with Crippen molar-refractivity contribution in [3.8, 4) is 11.4 Å². The maximum absolute atomic E-state index is 12.3. The molecule has 0 saturated carbocycles. The number of nitrogens with one attached hydrogen (secondary N) is 1. The van der Waals surface area contributed by atoms with Gasteiger partial charge >= 0.3 is 0 Å². The lowest BCUT2D eigenvalue weighted by Gasteiger charge is -2.18. The molecule has 3 rings (SSSR count). The lowest BCUT2D eigenvalue weighted by molar-refractivity contribution is -0.117. The fourth-order valence-electron chi connectivity index (χ4n) is 3.03. The van der Waals surface area contributed by atoms with Gasteiger partial charge in [-0.05, 0) is 55.3 Å². The van der Waals surface area contributed by atoms with Crippen LogP contribution in [0.4, 0.5) is 5.69 Å². The molecule has 8 heteroatoms. The van der Waals surface area contributed by atoms with Gasteiger partial charge < -0.3 is 10.2 Å². The van der Waals surface area contributed by atoms with Gasteiger partial charge in [-0.1, -0.05) is 31.2 Å². The second kappa shape index (κ2) is 9.78. The number of nitrogens with zero attached hydrogens (tertiary/aromatic N) is 5. The number of amides is 2. The van der Waals surface area contributed by atoms with Crippen LogP contribution in [0.2, 0.25) is 0 Å². The SMILES string of the molecule is CCc1ccc(-c2nnn(CC(=O)Nc3ccc(C(=O)N(CC)CC)cc3)n2)cc1. The van der Waals surface area contributed by atoms with E-state index in [9.17, 15) is 9.59 Å². The van der Waals surface area contributed by atoms with E-state index in [1.807, 2.05) is 38.1 Å². The number of aromatic nitrogens is 4. The van der Waals surface area contributed by atoms with E-state index in [-0.39, 0.29) is 18.4 Å². The molecule has 0 spiro atoms. The van der Waals surface area contributed by atoms with E-state index in [2.05, 4.69) is 27.7 Å². The van der Waals surface area contributed by atoms with Gasteiger partial charge in [0.1, 0.15) is 6.54 Å². The van der Waals surface area contributed by atoms with Gasteiger partial charge in [-0.3, -0.25) is 9.59 Å². The van der Waals surface area contributed by atoms with Crippen LogP contribution in [0.1, 0.15) is 36.7 Å². The van der Waals surface area contributed by atoms with Crippen LogP contribution < -0.4 is 5.32 Å². The minimum Gasteiger partial charge on any atom is -0.339 e. The van der Waals surface area contributed by atoms with E-state index in [0.29, 0.717) is 30.2 Å². The van der Waals surface area contributed by atoms with Crippen molar-refractivity contribution in [2.45, 2.75) is 33.7 Å². The number of tetrazole rings is 1. The largest absolute Gasteiger partial charge is 0.339 e. The number of carbonyl (C=O) groups excluding carboxylic acids is 2. The molecule has 3 aromatic rings. The summed E-state index contributed by atoms with van der Waals surface area (Å²) in [6, 6.07) is 14.8. The summed E-state index contributed by atoms with van der Waals surface area (Å²) in [6.45, 7) is 7.24. The second-order valence-corrected chi connectivity index (χ2v) is 6.80. The summed E-state index contributed by atoms with van der Waals surface area (Å²) in [5.41, 5.74) is 3.28. The smallest absolute Gasteiger partial charge is 0.253 e. The van der Waals surface area contributed by atoms with Gasteiger partial charge in [-0.25, -0.2) is 0 Å². The van der Waals surface area contributed by atoms with Crippen LogP contribution >= 0.6 is 0 Å². The molecule has 8 nitrogen and oxygen atoms in total. The first kappa shape index (κ1) is 21.2. The molecule has 30 heavy (non-hydrogen) atoms. The van der Waals surface area contributed by atoms with Crippen molar-refractivity contribution in [2.24, 2.45) is 0 Å². The quantitative estimate of drug-likeness (QED) is 0.621. The molecule has 1 heterocycles. The van der Waals surface area contributed by atoms with Crippen molar-refractivity contribution in [3.05, 3.63) is 59.7 Å². The molecule has 2 aromatic carbocycles. The Morgan fingerprint density at radius 2 is 1.63 bits per heavy atom. The minimum absolute atomic E-state index is 0.0239. The van der Waals surface area contributed by atoms with E-state index in [1.165, 1.54) is 10.4 Å². The summed E-state index contributed by atoms with van der Waals surface area (Å²) >= 11 is 0. The molecule has 0 aliphatic carbocycles. The monoisotopic (exact) mass is 406 g/mol. The third-order valence-electron chi connectivity index (χ3n) is 4.82. The van der Waals surface area contributed by atoms with Crippen molar-refractivity contribution in [2.75, 3.05) is 18.4 Å². The van der Waals surface area contributed by atoms with Gasteiger partial charge in [0.25, 0.3) is 5.91 Å². The Labute approximate surface area is 175 Å². The third kappa shape index (κ3) is 5.08. The average molecular weight is 406 g/mol. The topological polar surface area (TPSA) is 93.0 Å². The van der Waals surface area contributed by atoms with E-state index in [0.717, 1.165) is 12.0 Å². The number of aryl methyl sites for hydroxylation is 1. The van der Waals surface area contributed by atoms with Crippen molar-refractivity contribution in [3.63, 3.8) is 0 Å². The van der Waals surface area contributed by atoms with Gasteiger partial charge in [0, 0.05) is 29.9 Å². The zero-order valence-electron chi connectivity index (χ0n) is 17.5. The number of hydrogen-bond acceptors (Lipinski definition) is 5. The van der Waals surface area contributed by atoms with Gasteiger partial charge in [0.05, 0.1) is 0 Å². The molecule has 1 N–H and O–H groups in total. The highest BCUT2D eigenvalue weighted by Crippen LogP contribution is 2.15. The molecule has 0 aliphatic heterocycles. The van der Waals surface area contributed by atoms with E-state index < -0.39 is 0 Å². The zero-order valence-corrected chi connectivity index (χ0v) is 17.5. The number of anilines is 1. The molecular weight excluding hydrogens is 380 g/mol. The van der Waals surface area contributed by atoms with E-state index >= 15 is 0 Å². The Morgan fingerprint density at radius 3 is 2.23 bits per heavy atom. The molecule has 0 bridgehead atoms. The summed E-state index contributed by atoms with van der Waals surface area (Å²) in [7, 11) is 0. The number of carbonyl (C=O) groups is 2. The predicted octanol–water partition coefficient (Wildman–Crippen LogP) is 3.02. The Morgan fingerprint density at radius 1 is 0.967 bits per heavy atom. The average Bonchev–Trinajstić information content (AvgIpc) is 3.23. The van der Waals surface area contributed by atoms with Crippen molar-refractivity contribution >= 4 is 17.5 Å². The van der Waals surface area contributed by atoms with Crippen LogP contribution in [0, 0.1) is 0 Å². The van der Waals surface area contributed by atoms with Gasteiger partial charge in [-0.15, -0.1) is 10.2 Å². The van der Waals surface area contributed by atoms with Gasteiger partial charge in [0.15, 0.2) is 0 Å². The lowest BCUT2D eigenvalue weighted by atomic mass is 10.1. The van der Waals surface area contributed by atoms with Gasteiger partial charge in [-0.2, -0.15) is 4.80 Å². The molecule has 0 unspecified atom stereocenters. The lowest BCUT2D eigenvalue weighted by Crippen LogP contribution is -2.30. The van der Waals surface area contributed by atoms with Gasteiger partial charge in [0.2, 0.25) is 11.7 Å². The number of hydrogen-bond donors (Lipinski definition) is 1. The fraction of sp³-hybridized carbons (Fsp3) is 0.318. The molecule has 0 saturated heterocycles. The van der Waals surface area contributed by atoms with Crippen LogP contribution in [0.3, 0.4) is 0 Å². The summed E-state index contributed by atoms with van der Waals surface area (Å²) in [5.74, 6) is 0.178. The Kier molecular flexibility index (Phi) is 6.90. The molecule has 0 aliphatic rings. The van der Waals surface area contributed by atoms with Crippen molar-refractivity contribution < 1.29 is 9.59 Å². The summed E-state index contributed by atoms with van der Waals surface area (Å²) in [4.78, 5) is 27.7. The Hall–Kier alpha value is -3.55. The third-order valence-corrected chi connectivity index (χ3v) is 4.82. The molecule has 2 amide bonds. The maximum atomic E-state index is 12.3. The first-order valence-electron chi connectivity index (χ1n) is 10.1. The first-order valence-corrected chi connectivity index (χ1v) is 10.1. The van der Waals surface area contributed by atoms with Crippen LogP contribution in [0.25, 0.3) is 11.4 Å². The van der Waals surface area contributed by atoms with Crippen LogP contribution in [0.5, 0.6) is 0 Å². The molecule has 0 atom stereocenters. The maximum Gasteiger partial charge on any atom is 0.253 e. The van der Waals surface area contributed by atoms with Crippen LogP contribution in [0.15, 0.2) is 48.5 Å². The fourth-order valence-corrected chi connectivity index (χ4v) is 3.03. The molecule has 1 aromatic heterocycles. The van der Waals surface area contributed by atoms with E-state index in [1.54, 1.807) is 29.2 Å². The minimum atomic E-state index is -0.275. The summed E-state index contributed by atoms with van der Waals surface area (Å²) < 4.78 is 0. The summed E-state index contributed by atoms with van der Waals surface area (Å²) in [6.07, 6.45) is 0.963. The normalized spacial score (nSPS) is 10.6. The van der Waals surface area contributed by atoms with Crippen LogP contribution in [-0.4, -0.2) is 50.0 Å². The van der Waals surface area contributed by atoms with E-state index in [4.69, 9.17) is 0 Å². The highest BCUT2D eigenvalue weighted by Gasteiger charge is 2.13. The summed E-state index contributed by atoms with van der Waals surface area (Å²) in [5, 5.41) is 15.0. The molecule has 156 valence electrons. The molecule has 0 fully saturated rings. The highest BCUT2D eigenvalue weighted by molar-refractivity contribution is 5.95. The highest BCUT2D eigenvalue weighted by atomic mass is 16.2. The Balaban J connectivity index is 1.59. The van der Waals surface area contributed by atoms with Crippen molar-refractivity contribution in [1.82, 2.24) is 25.1 Å². The predicted molar refractivity (Wildman–Crippen MR) is 115 cm³/mol. The number of benzene rings is 2. The molecule has 0 radical (unpaired) electrons. The first-order chi connectivity index (χ1) is 14.5. The van der Waals surface area contributed by atoms with Crippen molar-refractivity contribution in [1.29, 1.82) is 0 Å². The second-order valence-electron chi connectivity index (χ2n) is 6.80. The zero-order chi connectivity index (χ0) is 21.5. The standard InChI is InChI=1S/C22H26N6O2/c1-4-16-7-9-17(10-8-16)21-24-26-28(25-21)15-20(29)23-19-13-11-18(12-14-19)22(30)27(5-2)6-3/h7-14H,4-6,15H2,1-3H3,(H,23,29). The Bertz CT molecular complexity index is 991.